The number of aromatic nitrogens is 3. The van der Waals surface area contributed by atoms with E-state index >= 15 is 0 Å². The van der Waals surface area contributed by atoms with Crippen molar-refractivity contribution < 1.29 is 4.79 Å². The van der Waals surface area contributed by atoms with E-state index in [0.29, 0.717) is 17.0 Å². The van der Waals surface area contributed by atoms with E-state index in [-0.39, 0.29) is 5.91 Å². The van der Waals surface area contributed by atoms with E-state index in [1.54, 1.807) is 0 Å². The fourth-order valence-corrected chi connectivity index (χ4v) is 3.58. The number of carbonyl (C=O) groups excluding carboxylic acids is 1. The molecule has 5 nitrogen and oxygen atoms in total. The predicted octanol–water partition coefficient (Wildman–Crippen LogP) is 3.71. The number of nitrogens with one attached hydrogen (secondary N) is 2. The average molecular weight is 344 g/mol. The van der Waals surface area contributed by atoms with Crippen molar-refractivity contribution in [2.24, 2.45) is 0 Å². The second-order valence-corrected chi connectivity index (χ2v) is 7.32. The van der Waals surface area contributed by atoms with E-state index in [1.165, 1.54) is 43.0 Å². The van der Waals surface area contributed by atoms with Gasteiger partial charge in [-0.1, -0.05) is 67.3 Å². The van der Waals surface area contributed by atoms with Gasteiger partial charge >= 0.3 is 0 Å². The molecule has 1 heterocycles. The Balaban J connectivity index is 1.49. The lowest BCUT2D eigenvalue weighted by atomic mass is 10.1. The zero-order chi connectivity index (χ0) is 16.8. The molecule has 0 spiro atoms. The number of aromatic amines is 1. The van der Waals surface area contributed by atoms with Crippen molar-refractivity contribution in [2.45, 2.75) is 56.6 Å². The highest BCUT2D eigenvalue weighted by Gasteiger charge is 2.15. The molecule has 0 saturated heterocycles. The first-order chi connectivity index (χ1) is 11.7. The van der Waals surface area contributed by atoms with Gasteiger partial charge in [-0.2, -0.15) is 0 Å². The highest BCUT2D eigenvalue weighted by molar-refractivity contribution is 7.99. The summed E-state index contributed by atoms with van der Waals surface area (Å²) in [5.41, 5.74) is 2.21. The molecule has 2 N–H and O–H groups in total. The van der Waals surface area contributed by atoms with Gasteiger partial charge in [0.1, 0.15) is 0 Å². The maximum atomic E-state index is 12.1. The third-order valence-electron chi connectivity index (χ3n) is 4.34. The van der Waals surface area contributed by atoms with Gasteiger partial charge in [-0.25, -0.2) is 4.98 Å². The van der Waals surface area contributed by atoms with Crippen LogP contribution in [0.4, 0.5) is 0 Å². The molecule has 0 unspecified atom stereocenters. The zero-order valence-electron chi connectivity index (χ0n) is 14.0. The Hall–Kier alpha value is -1.82. The highest BCUT2D eigenvalue weighted by atomic mass is 32.2. The molecule has 0 bridgehead atoms. The fourth-order valence-electron chi connectivity index (χ4n) is 2.97. The molecule has 0 atom stereocenters. The summed E-state index contributed by atoms with van der Waals surface area (Å²) in [5, 5.41) is 10.9. The molecule has 3 rings (SSSR count). The molecule has 1 aromatic carbocycles. The van der Waals surface area contributed by atoms with E-state index in [4.69, 9.17) is 0 Å². The Bertz CT molecular complexity index is 660. The van der Waals surface area contributed by atoms with Gasteiger partial charge in [0.05, 0.1) is 5.75 Å². The minimum atomic E-state index is 0.0774. The van der Waals surface area contributed by atoms with Gasteiger partial charge in [0, 0.05) is 11.6 Å². The van der Waals surface area contributed by atoms with Gasteiger partial charge in [0.2, 0.25) is 11.1 Å². The van der Waals surface area contributed by atoms with E-state index in [0.717, 1.165) is 24.2 Å². The van der Waals surface area contributed by atoms with Crippen molar-refractivity contribution in [1.82, 2.24) is 20.5 Å². The van der Waals surface area contributed by atoms with Crippen LogP contribution in [0.5, 0.6) is 0 Å². The van der Waals surface area contributed by atoms with Gasteiger partial charge in [0.25, 0.3) is 0 Å². The van der Waals surface area contributed by atoms with Crippen molar-refractivity contribution in [3.05, 3.63) is 29.8 Å². The van der Waals surface area contributed by atoms with Crippen LogP contribution in [0.25, 0.3) is 11.4 Å². The minimum absolute atomic E-state index is 0.0774. The van der Waals surface area contributed by atoms with E-state index in [1.807, 2.05) is 24.3 Å². The first-order valence-corrected chi connectivity index (χ1v) is 9.61. The van der Waals surface area contributed by atoms with E-state index in [9.17, 15) is 4.79 Å². The fraction of sp³-hybridized carbons (Fsp3) is 0.500. The van der Waals surface area contributed by atoms with Crippen LogP contribution in [0.15, 0.2) is 29.4 Å². The Labute approximate surface area is 147 Å². The highest BCUT2D eigenvalue weighted by Crippen LogP contribution is 2.20. The molecule has 1 aliphatic rings. The Morgan fingerprint density at radius 2 is 1.92 bits per heavy atom. The summed E-state index contributed by atoms with van der Waals surface area (Å²) >= 11 is 1.38. The average Bonchev–Trinajstić information content (AvgIpc) is 2.91. The molecule has 1 aliphatic carbocycles. The van der Waals surface area contributed by atoms with Gasteiger partial charge in [-0.3, -0.25) is 9.89 Å². The third kappa shape index (κ3) is 4.84. The van der Waals surface area contributed by atoms with Crippen molar-refractivity contribution in [2.75, 3.05) is 5.75 Å². The second-order valence-electron chi connectivity index (χ2n) is 6.38. The van der Waals surface area contributed by atoms with Crippen LogP contribution >= 0.6 is 11.8 Å². The van der Waals surface area contributed by atoms with Gasteiger partial charge in [-0.05, 0) is 19.8 Å². The van der Waals surface area contributed by atoms with Crippen molar-refractivity contribution in [1.29, 1.82) is 0 Å². The molecule has 0 aliphatic heterocycles. The summed E-state index contributed by atoms with van der Waals surface area (Å²) in [7, 11) is 0. The number of carbonyl (C=O) groups is 1. The first kappa shape index (κ1) is 17.0. The Morgan fingerprint density at radius 3 is 2.62 bits per heavy atom. The molecule has 2 aromatic rings. The molecule has 1 aromatic heterocycles. The standard InChI is InChI=1S/C18H24N4OS/c1-13-8-10-14(11-9-13)17-20-18(22-21-17)24-12-16(23)19-15-6-4-2-3-5-7-15/h8-11,15H,2-7,12H2,1H3,(H,19,23)(H,20,21,22). The smallest absolute Gasteiger partial charge is 0.230 e. The SMILES string of the molecule is Cc1ccc(-c2nc(SCC(=O)NC3CCCCCC3)n[nH]2)cc1. The van der Waals surface area contributed by atoms with Crippen LogP contribution in [0.1, 0.15) is 44.1 Å². The third-order valence-corrected chi connectivity index (χ3v) is 5.19. The van der Waals surface area contributed by atoms with Crippen LogP contribution in [0.3, 0.4) is 0 Å². The monoisotopic (exact) mass is 344 g/mol. The van der Waals surface area contributed by atoms with Crippen LogP contribution in [-0.4, -0.2) is 32.9 Å². The Morgan fingerprint density at radius 1 is 1.21 bits per heavy atom. The topological polar surface area (TPSA) is 70.7 Å². The van der Waals surface area contributed by atoms with Gasteiger partial charge in [-0.15, -0.1) is 5.10 Å². The van der Waals surface area contributed by atoms with Crippen molar-refractivity contribution in [3.8, 4) is 11.4 Å². The molecule has 1 saturated carbocycles. The maximum absolute atomic E-state index is 12.1. The molecule has 0 radical (unpaired) electrons. The first-order valence-electron chi connectivity index (χ1n) is 8.62. The van der Waals surface area contributed by atoms with Crippen LogP contribution in [0, 0.1) is 6.92 Å². The molecule has 1 amide bonds. The number of nitrogens with zero attached hydrogens (tertiary/aromatic N) is 2. The number of thioether (sulfide) groups is 1. The van der Waals surface area contributed by atoms with E-state index in [2.05, 4.69) is 27.4 Å². The van der Waals surface area contributed by atoms with Gasteiger partial charge in [0.15, 0.2) is 5.82 Å². The predicted molar refractivity (Wildman–Crippen MR) is 96.9 cm³/mol. The number of H-pyrrole nitrogens is 1. The second kappa shape index (κ2) is 8.33. The number of aryl methyl sites for hydroxylation is 1. The van der Waals surface area contributed by atoms with Gasteiger partial charge < -0.3 is 5.32 Å². The normalized spacial score (nSPS) is 15.9. The number of hydrogen-bond donors (Lipinski definition) is 2. The molecule has 6 heteroatoms. The van der Waals surface area contributed by atoms with Crippen molar-refractivity contribution in [3.63, 3.8) is 0 Å². The summed E-state index contributed by atoms with van der Waals surface area (Å²) in [4.78, 5) is 16.6. The number of hydrogen-bond acceptors (Lipinski definition) is 4. The zero-order valence-corrected chi connectivity index (χ0v) is 14.9. The van der Waals surface area contributed by atoms with Crippen LogP contribution < -0.4 is 5.32 Å². The molecule has 24 heavy (non-hydrogen) atoms. The molecular weight excluding hydrogens is 320 g/mol. The quantitative estimate of drug-likeness (QED) is 0.641. The summed E-state index contributed by atoms with van der Waals surface area (Å²) in [6, 6.07) is 8.47. The maximum Gasteiger partial charge on any atom is 0.230 e. The summed E-state index contributed by atoms with van der Waals surface area (Å²) in [5.74, 6) is 1.18. The number of benzene rings is 1. The summed E-state index contributed by atoms with van der Waals surface area (Å²) < 4.78 is 0. The lowest BCUT2D eigenvalue weighted by Crippen LogP contribution is -2.35. The van der Waals surface area contributed by atoms with E-state index < -0.39 is 0 Å². The molecule has 128 valence electrons. The lowest BCUT2D eigenvalue weighted by Gasteiger charge is -2.15. The van der Waals surface area contributed by atoms with Crippen LogP contribution in [-0.2, 0) is 4.79 Å². The van der Waals surface area contributed by atoms with Crippen LogP contribution in [0.2, 0.25) is 0 Å². The Kier molecular flexibility index (Phi) is 5.91. The number of rotatable bonds is 5. The molecular formula is C18H24N4OS. The minimum Gasteiger partial charge on any atom is -0.353 e. The number of amides is 1. The summed E-state index contributed by atoms with van der Waals surface area (Å²) in [6.07, 6.45) is 7.24. The lowest BCUT2D eigenvalue weighted by molar-refractivity contribution is -0.119. The largest absolute Gasteiger partial charge is 0.353 e. The van der Waals surface area contributed by atoms with Crippen molar-refractivity contribution >= 4 is 17.7 Å². The molecule has 1 fully saturated rings. The summed E-state index contributed by atoms with van der Waals surface area (Å²) in [6.45, 7) is 2.05.